The molecular weight excluding hydrogens is 1710 g/mol. The minimum Gasteiger partial charge on any atom is -0.386 e. The fourth-order valence-corrected chi connectivity index (χ4v) is 15.2. The van der Waals surface area contributed by atoms with Crippen LogP contribution in [-0.2, 0) is 113 Å². The Morgan fingerprint density at radius 3 is 0.836 bits per heavy atom. The molecule has 6 heterocycles. The molecule has 0 radical (unpaired) electrons. The van der Waals surface area contributed by atoms with Gasteiger partial charge in [-0.2, -0.15) is 0 Å². The van der Waals surface area contributed by atoms with E-state index in [1.807, 2.05) is 174 Å². The Bertz CT molecular complexity index is 4200. The predicted molar refractivity (Wildman–Crippen MR) is 460 cm³/mol. The van der Waals surface area contributed by atoms with Crippen LogP contribution < -0.4 is 0 Å². The molecule has 34 nitrogen and oxygen atoms in total. The third kappa shape index (κ3) is 39.8. The zero-order valence-electron chi connectivity index (χ0n) is 78.7. The Labute approximate surface area is 727 Å². The molecule has 0 amide bonds. The first-order valence-corrected chi connectivity index (χ1v) is 50.8. The number of ether oxygens (including phenoxy) is 18. The van der Waals surface area contributed by atoms with Crippen molar-refractivity contribution in [3.8, 4) is 0 Å². The normalized spacial score (nSPS) is 32.0. The summed E-state index contributed by atoms with van der Waals surface area (Å²) in [4.78, 5) is 73.7. The number of rotatable bonds is 35. The summed E-state index contributed by atoms with van der Waals surface area (Å²) in [6.07, 6.45) is -12.6. The van der Waals surface area contributed by atoms with E-state index in [1.54, 1.807) is 21.3 Å². The van der Waals surface area contributed by atoms with Crippen LogP contribution in [0.1, 0.15) is 126 Å². The first-order chi connectivity index (χ1) is 59.5. The zero-order valence-corrected chi connectivity index (χ0v) is 78.1. The van der Waals surface area contributed by atoms with E-state index < -0.39 is 161 Å². The maximum Gasteiger partial charge on any atom is 0.348 e. The highest BCUT2D eigenvalue weighted by atomic mass is 31.2. The molecular formula is C82H134O34P6. The Morgan fingerprint density at radius 1 is 0.344 bits per heavy atom. The van der Waals surface area contributed by atoms with Gasteiger partial charge < -0.3 is 135 Å². The van der Waals surface area contributed by atoms with Crippen molar-refractivity contribution in [2.24, 2.45) is 0 Å². The van der Waals surface area contributed by atoms with Crippen molar-refractivity contribution in [2.45, 2.75) is 248 Å². The molecule has 0 saturated carbocycles. The van der Waals surface area contributed by atoms with Crippen molar-refractivity contribution in [2.75, 3.05) is 88.5 Å². The number of methoxy groups -OCH3 is 6. The van der Waals surface area contributed by atoms with Gasteiger partial charge >= 0.3 is 15.2 Å². The van der Waals surface area contributed by atoms with E-state index in [1.165, 1.54) is 34.1 Å². The predicted octanol–water partition coefficient (Wildman–Crippen LogP) is 12.1. The molecule has 6 fully saturated rings. The van der Waals surface area contributed by atoms with Crippen LogP contribution in [0.2, 0.25) is 0 Å². The van der Waals surface area contributed by atoms with Gasteiger partial charge in [-0.25, -0.2) is 0 Å². The zero-order chi connectivity index (χ0) is 96.9. The molecule has 9 rings (SSSR count). The molecule has 3 aromatic rings. The Morgan fingerprint density at radius 2 is 0.590 bits per heavy atom. The average molecular weight is 1860 g/mol. The molecule has 4 unspecified atom stereocenters. The quantitative estimate of drug-likeness (QED) is 0.0245. The lowest BCUT2D eigenvalue weighted by Gasteiger charge is -2.24. The Balaban J connectivity index is 0.000000324. The topological polar surface area (TPSA) is 471 Å². The number of hydrogen-bond donors (Lipinski definition) is 10. The molecule has 3 aromatic carbocycles. The van der Waals surface area contributed by atoms with Crippen molar-refractivity contribution < 1.29 is 170 Å². The summed E-state index contributed by atoms with van der Waals surface area (Å²) in [5, 5.41) is 17.7. The summed E-state index contributed by atoms with van der Waals surface area (Å²) in [6.45, 7) is 25.5. The first-order valence-electron chi connectivity index (χ1n) is 42.3. The van der Waals surface area contributed by atoms with E-state index in [4.69, 9.17) is 123 Å². The Hall–Kier alpha value is -3.64. The van der Waals surface area contributed by atoms with Gasteiger partial charge in [-0.3, -0.25) is 27.4 Å². The van der Waals surface area contributed by atoms with E-state index in [9.17, 15) is 47.0 Å². The second-order valence-corrected chi connectivity index (χ2v) is 41.5. The SMILES string of the molecule is [2H]/C(=C\P(=O)(O)CO)[C@H]1OC[C@H](OC)[C@@H]1OC(C)C.[2H]/C(=C\P(=O)(O)CO)[C@H]1O[C@@H](c2ccccc2)[C@H](OC)[C@@H]1OC(C)C.[2H]/C(=C\P(=O)(O)O)[C@H]1OC[C@H](OC)[C@@H]1OC(C)C.[2H]/C(=C\P(=O)(O)O)[C@H]1O[C@@H](c2ccccc2)[C@H](OC)[C@@H]1OC(C)C.[2H]/C(=C\P(C)(=O)O)[C@H]1O[C@@H](c2ccccc2)[C@H](OC)[C@@H]1OC(C)C.[2H]/C(=C\[C@H]1OC[C@H](OC)[C@@H]1OC(C)C)P(C)(=O)O. The van der Waals surface area contributed by atoms with Crippen LogP contribution in [0.4, 0.5) is 0 Å². The molecule has 0 aliphatic carbocycles. The van der Waals surface area contributed by atoms with Crippen molar-refractivity contribution in [3.63, 3.8) is 0 Å². The van der Waals surface area contributed by atoms with Gasteiger partial charge in [-0.15, -0.1) is 0 Å². The van der Waals surface area contributed by atoms with Crippen molar-refractivity contribution in [3.05, 3.63) is 179 Å². The number of aliphatic hydroxyl groups is 2. The average Bonchev–Trinajstić information content (AvgIpc) is 1.64. The lowest BCUT2D eigenvalue weighted by Crippen LogP contribution is -2.36. The van der Waals surface area contributed by atoms with Crippen LogP contribution >= 0.6 is 44.7 Å². The van der Waals surface area contributed by atoms with Gasteiger partial charge in [-0.05, 0) is 148 Å². The van der Waals surface area contributed by atoms with Gasteiger partial charge in [0.25, 0.3) is 0 Å². The lowest BCUT2D eigenvalue weighted by molar-refractivity contribution is -0.0694. The molecule has 696 valence electrons. The molecule has 6 aliphatic heterocycles. The van der Waals surface area contributed by atoms with E-state index >= 15 is 0 Å². The van der Waals surface area contributed by atoms with Crippen LogP contribution in [0.25, 0.3) is 0 Å². The molecule has 6 aliphatic rings. The largest absolute Gasteiger partial charge is 0.386 e. The van der Waals surface area contributed by atoms with E-state index in [2.05, 4.69) is 0 Å². The Kier molecular flexibility index (Phi) is 44.1. The molecule has 0 spiro atoms. The van der Waals surface area contributed by atoms with Crippen LogP contribution in [0.5, 0.6) is 0 Å². The highest BCUT2D eigenvalue weighted by molar-refractivity contribution is 7.61. The van der Waals surface area contributed by atoms with E-state index in [0.29, 0.717) is 18.2 Å². The minimum atomic E-state index is -4.48. The third-order valence-electron chi connectivity index (χ3n) is 17.7. The van der Waals surface area contributed by atoms with E-state index in [-0.39, 0.29) is 110 Å². The van der Waals surface area contributed by atoms with Gasteiger partial charge in [0.2, 0.25) is 29.5 Å². The highest BCUT2D eigenvalue weighted by Crippen LogP contribution is 2.47. The summed E-state index contributed by atoms with van der Waals surface area (Å²) in [7, 11) is -14.4. The molecule has 25 atom stereocenters. The van der Waals surface area contributed by atoms with Gasteiger partial charge in [0.05, 0.1) is 64.7 Å². The molecule has 6 saturated heterocycles. The van der Waals surface area contributed by atoms with Crippen molar-refractivity contribution >= 4 is 44.7 Å². The van der Waals surface area contributed by atoms with Crippen molar-refractivity contribution in [1.82, 2.24) is 0 Å². The molecule has 0 aromatic heterocycles. The van der Waals surface area contributed by atoms with Gasteiger partial charge in [-0.1, -0.05) is 91.0 Å². The monoisotopic (exact) mass is 1850 g/mol. The lowest BCUT2D eigenvalue weighted by atomic mass is 10.0. The summed E-state index contributed by atoms with van der Waals surface area (Å²) in [5.74, 6) is 3.62. The number of aliphatic hydroxyl groups excluding tert-OH is 2. The smallest absolute Gasteiger partial charge is 0.348 e. The first kappa shape index (κ1) is 101. The second-order valence-electron chi connectivity index (χ2n) is 30.4. The van der Waals surface area contributed by atoms with E-state index in [0.717, 1.165) is 40.8 Å². The summed E-state index contributed by atoms with van der Waals surface area (Å²) < 4.78 is 217. The van der Waals surface area contributed by atoms with Gasteiger partial charge in [0.15, 0.2) is 0 Å². The van der Waals surface area contributed by atoms with Gasteiger partial charge in [0.1, 0.15) is 141 Å². The van der Waals surface area contributed by atoms with Crippen LogP contribution in [0.3, 0.4) is 0 Å². The van der Waals surface area contributed by atoms with Crippen LogP contribution in [0, 0.1) is 0 Å². The maximum atomic E-state index is 11.8. The molecule has 40 heteroatoms. The standard InChI is InChI=1S/C17H25O6P.C17H25O5P.C16H23O6P.C11H21O6P.C11H21O5P.C10H19O6P/c1-12(2)22-16-14(9-10-24(19,20)11-18)23-15(17(16)21-3)13-7-5-4-6-8-13;1-12(2)21-16-14(10-11-23(4,18)19)22-15(17(16)20-3)13-8-6-5-7-9-13;1-11(2)21-15-13(9-10-23(17,18)19)22-14(16(15)20-3)12-7-5-4-6-8-12;1-8(2)17-11-9(16-6-10(11)15-3)4-5-18(13,14)7-12;1-8(2)16-11-9(5-6-17(4,12)13)15-7-10(11)14-3;1-7(2)16-10-8(4-5-17(11,12)13)15-6-9(10)14-3/h4-10,12,14-18H,11H2,1-3H3,(H,19,20);5-12,14-17H,1-4H3,(H,18,19);4-11,13-16H,1-3H3,(H2,17,18,19);4-5,8-12H,6-7H2,1-3H3,(H,13,14);5-6,8-11H,7H2,1-4H3,(H,12,13);4-5,7-10H,6H2,1-3H3,(H2,11,12,13)/b10-9+;11-10+;10-9+;5-4+;6-5+;5-4+/t2*14-,15+,16-,17+;13-,14+,15-,16+;2*9-,10+,11-;8-,9+,10-/m111111/s1/i9D;10D;9D;4D;6D;4D. The summed E-state index contributed by atoms with van der Waals surface area (Å²) in [5.41, 5.74) is 2.64. The number of hydrogen-bond acceptors (Lipinski definition) is 26. The van der Waals surface area contributed by atoms with Crippen LogP contribution in [0.15, 0.2) is 162 Å². The fraction of sp³-hybridized carbons (Fsp3) is 0.634. The third-order valence-corrected chi connectivity index (χ3v) is 21.9. The maximum absolute atomic E-state index is 11.8. The highest BCUT2D eigenvalue weighted by Gasteiger charge is 2.50. The molecule has 10 N–H and O–H groups in total. The fourth-order valence-electron chi connectivity index (χ4n) is 12.7. The second kappa shape index (κ2) is 53.5. The number of benzene rings is 3. The minimum absolute atomic E-state index is 0.0120. The molecule has 122 heavy (non-hydrogen) atoms. The van der Waals surface area contributed by atoms with Crippen molar-refractivity contribution in [1.29, 1.82) is 0 Å². The van der Waals surface area contributed by atoms with Gasteiger partial charge in [0, 0.05) is 79.3 Å². The van der Waals surface area contributed by atoms with Crippen LogP contribution in [-0.4, -0.2) is 284 Å². The molecule has 0 bridgehead atoms. The summed E-state index contributed by atoms with van der Waals surface area (Å²) >= 11 is 0. The summed E-state index contributed by atoms with van der Waals surface area (Å²) in [6, 6.07) is 27.3.